The van der Waals surface area contributed by atoms with Crippen LogP contribution in [0, 0.1) is 17.7 Å². The van der Waals surface area contributed by atoms with Crippen LogP contribution in [0.1, 0.15) is 5.56 Å². The van der Waals surface area contributed by atoms with E-state index in [1.54, 1.807) is 12.1 Å². The van der Waals surface area contributed by atoms with E-state index < -0.39 is 0 Å². The quantitative estimate of drug-likeness (QED) is 0.590. The molecule has 0 aliphatic carbocycles. The Balaban J connectivity index is 2.66. The van der Waals surface area contributed by atoms with Crippen LogP contribution in [0.4, 0.5) is 4.39 Å². The summed E-state index contributed by atoms with van der Waals surface area (Å²) in [4.78, 5) is 1.96. The fourth-order valence-corrected chi connectivity index (χ4v) is 0.866. The van der Waals surface area contributed by atoms with Crippen LogP contribution in [-0.4, -0.2) is 25.5 Å². The van der Waals surface area contributed by atoms with E-state index in [4.69, 9.17) is 0 Å². The summed E-state index contributed by atoms with van der Waals surface area (Å²) in [7, 11) is 3.89. The van der Waals surface area contributed by atoms with E-state index in [2.05, 4.69) is 11.8 Å². The van der Waals surface area contributed by atoms with Gasteiger partial charge in [-0.3, -0.25) is 4.90 Å². The summed E-state index contributed by atoms with van der Waals surface area (Å²) in [6.07, 6.45) is 0. The molecule has 0 bridgehead atoms. The molecule has 0 amide bonds. The highest BCUT2D eigenvalue weighted by molar-refractivity contribution is 5.34. The molecule has 2 heteroatoms. The molecule has 1 nitrogen and oxygen atoms in total. The molecule has 13 heavy (non-hydrogen) atoms. The molecular formula is C11H12FN. The molecule has 0 saturated carbocycles. The first kappa shape index (κ1) is 9.76. The van der Waals surface area contributed by atoms with Crippen molar-refractivity contribution in [3.63, 3.8) is 0 Å². The number of hydrogen-bond donors (Lipinski definition) is 0. The highest BCUT2D eigenvalue weighted by Gasteiger charge is 1.89. The van der Waals surface area contributed by atoms with Gasteiger partial charge in [0, 0.05) is 5.56 Å². The molecule has 0 aliphatic heterocycles. The number of halogens is 1. The molecular weight excluding hydrogens is 165 g/mol. The first-order valence-electron chi connectivity index (χ1n) is 4.07. The normalized spacial score (nSPS) is 9.54. The molecule has 0 saturated heterocycles. The Morgan fingerprint density at radius 3 is 2.77 bits per heavy atom. The van der Waals surface area contributed by atoms with Gasteiger partial charge in [0.1, 0.15) is 5.82 Å². The van der Waals surface area contributed by atoms with E-state index in [0.29, 0.717) is 6.54 Å². The molecule has 0 unspecified atom stereocenters. The number of benzene rings is 1. The first-order chi connectivity index (χ1) is 6.18. The average molecular weight is 177 g/mol. The van der Waals surface area contributed by atoms with E-state index in [0.717, 1.165) is 5.56 Å². The lowest BCUT2D eigenvalue weighted by molar-refractivity contribution is 0.464. The van der Waals surface area contributed by atoms with Gasteiger partial charge in [-0.25, -0.2) is 4.39 Å². The van der Waals surface area contributed by atoms with Gasteiger partial charge in [0.15, 0.2) is 0 Å². The lowest BCUT2D eigenvalue weighted by Crippen LogP contribution is -2.10. The second kappa shape index (κ2) is 4.64. The predicted octanol–water partition coefficient (Wildman–Crippen LogP) is 1.74. The SMILES string of the molecule is CN(C)CC#Cc1cccc(F)c1. The van der Waals surface area contributed by atoms with Gasteiger partial charge in [0.25, 0.3) is 0 Å². The molecule has 1 aromatic rings. The molecule has 0 aromatic heterocycles. The van der Waals surface area contributed by atoms with Gasteiger partial charge in [-0.1, -0.05) is 17.9 Å². The summed E-state index contributed by atoms with van der Waals surface area (Å²) in [6, 6.07) is 6.31. The molecule has 0 radical (unpaired) electrons. The fourth-order valence-electron chi connectivity index (χ4n) is 0.866. The molecule has 0 fully saturated rings. The van der Waals surface area contributed by atoms with E-state index in [1.165, 1.54) is 12.1 Å². The number of rotatable bonds is 1. The van der Waals surface area contributed by atoms with Crippen molar-refractivity contribution in [2.45, 2.75) is 0 Å². The molecule has 0 N–H and O–H groups in total. The average Bonchev–Trinajstić information content (AvgIpc) is 2.03. The highest BCUT2D eigenvalue weighted by atomic mass is 19.1. The Kier molecular flexibility index (Phi) is 3.48. The van der Waals surface area contributed by atoms with Gasteiger partial charge >= 0.3 is 0 Å². The lowest BCUT2D eigenvalue weighted by Gasteiger charge is -2.00. The number of nitrogens with zero attached hydrogens (tertiary/aromatic N) is 1. The third-order valence-corrected chi connectivity index (χ3v) is 1.45. The lowest BCUT2D eigenvalue weighted by atomic mass is 10.2. The summed E-state index contributed by atoms with van der Waals surface area (Å²) in [5, 5.41) is 0. The van der Waals surface area contributed by atoms with Crippen molar-refractivity contribution in [3.05, 3.63) is 35.6 Å². The monoisotopic (exact) mass is 177 g/mol. The van der Waals surface area contributed by atoms with E-state index in [-0.39, 0.29) is 5.82 Å². The molecule has 0 heterocycles. The predicted molar refractivity (Wildman–Crippen MR) is 51.8 cm³/mol. The zero-order valence-electron chi connectivity index (χ0n) is 7.84. The first-order valence-corrected chi connectivity index (χ1v) is 4.07. The van der Waals surface area contributed by atoms with Gasteiger partial charge in [-0.15, -0.1) is 0 Å². The van der Waals surface area contributed by atoms with Crippen LogP contribution in [-0.2, 0) is 0 Å². The van der Waals surface area contributed by atoms with Crippen molar-refractivity contribution in [2.24, 2.45) is 0 Å². The largest absolute Gasteiger partial charge is 0.299 e. The van der Waals surface area contributed by atoms with Gasteiger partial charge in [-0.2, -0.15) is 0 Å². The Bertz CT molecular complexity index is 333. The zero-order chi connectivity index (χ0) is 9.68. The van der Waals surface area contributed by atoms with Gasteiger partial charge in [0.2, 0.25) is 0 Å². The van der Waals surface area contributed by atoms with Crippen LogP contribution < -0.4 is 0 Å². The van der Waals surface area contributed by atoms with Crippen LogP contribution in [0.2, 0.25) is 0 Å². The van der Waals surface area contributed by atoms with Crippen LogP contribution in [0.5, 0.6) is 0 Å². The Morgan fingerprint density at radius 1 is 1.38 bits per heavy atom. The van der Waals surface area contributed by atoms with Crippen molar-refractivity contribution in [2.75, 3.05) is 20.6 Å². The Morgan fingerprint density at radius 2 is 2.15 bits per heavy atom. The summed E-state index contributed by atoms with van der Waals surface area (Å²) in [6.45, 7) is 0.691. The smallest absolute Gasteiger partial charge is 0.124 e. The van der Waals surface area contributed by atoms with Crippen molar-refractivity contribution in [1.29, 1.82) is 0 Å². The standard InChI is InChI=1S/C11H12FN/c1-13(2)8-4-6-10-5-3-7-11(12)9-10/h3,5,7,9H,8H2,1-2H3. The van der Waals surface area contributed by atoms with E-state index >= 15 is 0 Å². The van der Waals surface area contributed by atoms with Crippen molar-refractivity contribution >= 4 is 0 Å². The second-order valence-corrected chi connectivity index (χ2v) is 3.05. The molecule has 68 valence electrons. The Labute approximate surface area is 78.2 Å². The minimum atomic E-state index is -0.239. The van der Waals surface area contributed by atoms with Crippen molar-refractivity contribution in [1.82, 2.24) is 4.90 Å². The minimum Gasteiger partial charge on any atom is -0.299 e. The summed E-state index contributed by atoms with van der Waals surface area (Å²) in [5.41, 5.74) is 0.724. The molecule has 1 aromatic carbocycles. The maximum atomic E-state index is 12.7. The zero-order valence-corrected chi connectivity index (χ0v) is 7.84. The van der Waals surface area contributed by atoms with Gasteiger partial charge in [0.05, 0.1) is 6.54 Å². The minimum absolute atomic E-state index is 0.239. The molecule has 0 atom stereocenters. The van der Waals surface area contributed by atoms with Crippen molar-refractivity contribution < 1.29 is 4.39 Å². The van der Waals surface area contributed by atoms with E-state index in [9.17, 15) is 4.39 Å². The maximum Gasteiger partial charge on any atom is 0.124 e. The van der Waals surface area contributed by atoms with Gasteiger partial charge < -0.3 is 0 Å². The highest BCUT2D eigenvalue weighted by Crippen LogP contribution is 2.00. The fraction of sp³-hybridized carbons (Fsp3) is 0.273. The van der Waals surface area contributed by atoms with Crippen LogP contribution >= 0.6 is 0 Å². The summed E-state index contributed by atoms with van der Waals surface area (Å²) < 4.78 is 12.7. The van der Waals surface area contributed by atoms with Crippen molar-refractivity contribution in [3.8, 4) is 11.8 Å². The summed E-state index contributed by atoms with van der Waals surface area (Å²) in [5.74, 6) is 5.58. The summed E-state index contributed by atoms with van der Waals surface area (Å²) >= 11 is 0. The third-order valence-electron chi connectivity index (χ3n) is 1.45. The van der Waals surface area contributed by atoms with E-state index in [1.807, 2.05) is 19.0 Å². The van der Waals surface area contributed by atoms with Crippen LogP contribution in [0.25, 0.3) is 0 Å². The molecule has 1 rings (SSSR count). The topological polar surface area (TPSA) is 3.24 Å². The number of hydrogen-bond acceptors (Lipinski definition) is 1. The van der Waals surface area contributed by atoms with Crippen LogP contribution in [0.15, 0.2) is 24.3 Å². The second-order valence-electron chi connectivity index (χ2n) is 3.05. The Hall–Kier alpha value is -1.33. The van der Waals surface area contributed by atoms with Crippen LogP contribution in [0.3, 0.4) is 0 Å². The maximum absolute atomic E-state index is 12.7. The van der Waals surface area contributed by atoms with Gasteiger partial charge in [-0.05, 0) is 32.3 Å². The third kappa shape index (κ3) is 3.73. The molecule has 0 aliphatic rings. The molecule has 0 spiro atoms.